The molecule has 1 fully saturated rings. The van der Waals surface area contributed by atoms with Gasteiger partial charge in [-0.3, -0.25) is 9.48 Å². The predicted molar refractivity (Wildman–Crippen MR) is 75.7 cm³/mol. The highest BCUT2D eigenvalue weighted by molar-refractivity contribution is 7.89. The number of sulfonamides is 1. The summed E-state index contributed by atoms with van der Waals surface area (Å²) in [5, 5.41) is 15.9. The first kappa shape index (κ1) is 16.2. The first-order valence-corrected chi connectivity index (χ1v) is 8.23. The number of aromatic nitrogens is 2. The molecule has 1 aliphatic heterocycles. The number of hydrogen-bond acceptors (Lipinski definition) is 5. The van der Waals surface area contributed by atoms with Crippen LogP contribution in [-0.2, 0) is 21.9 Å². The zero-order chi connectivity index (χ0) is 15.8. The number of piperidine rings is 1. The Kier molecular flexibility index (Phi) is 4.57. The van der Waals surface area contributed by atoms with Crippen LogP contribution in [0.3, 0.4) is 0 Å². The van der Waals surface area contributed by atoms with E-state index in [-0.39, 0.29) is 16.5 Å². The topological polar surface area (TPSA) is 113 Å². The number of hydrogen-bond donors (Lipinski definition) is 3. The van der Waals surface area contributed by atoms with Crippen LogP contribution in [0.15, 0.2) is 4.90 Å². The van der Waals surface area contributed by atoms with Crippen LogP contribution in [0.5, 0.6) is 0 Å². The van der Waals surface area contributed by atoms with Crippen LogP contribution < -0.4 is 10.0 Å². The summed E-state index contributed by atoms with van der Waals surface area (Å²) in [7, 11) is -2.30. The van der Waals surface area contributed by atoms with Crippen molar-refractivity contribution in [1.29, 1.82) is 0 Å². The van der Waals surface area contributed by atoms with E-state index in [0.29, 0.717) is 18.8 Å². The smallest absolute Gasteiger partial charge is 0.307 e. The number of carboxylic acids is 1. The fourth-order valence-corrected chi connectivity index (χ4v) is 4.41. The molecule has 2 unspecified atom stereocenters. The average molecular weight is 337 g/mol. The van der Waals surface area contributed by atoms with Gasteiger partial charge in [-0.2, -0.15) is 5.10 Å². The molecule has 0 bridgehead atoms. The van der Waals surface area contributed by atoms with Crippen molar-refractivity contribution in [3.8, 4) is 0 Å². The lowest BCUT2D eigenvalue weighted by atomic mass is 9.97. The van der Waals surface area contributed by atoms with E-state index in [9.17, 15) is 13.2 Å². The maximum Gasteiger partial charge on any atom is 0.307 e. The Bertz CT molecular complexity index is 657. The van der Waals surface area contributed by atoms with E-state index in [1.54, 1.807) is 14.0 Å². The van der Waals surface area contributed by atoms with Gasteiger partial charge in [0.1, 0.15) is 10.0 Å². The molecule has 3 N–H and O–H groups in total. The predicted octanol–water partition coefficient (Wildman–Crippen LogP) is -0.277. The summed E-state index contributed by atoms with van der Waals surface area (Å²) >= 11 is 5.97. The van der Waals surface area contributed by atoms with Crippen LogP contribution in [0, 0.1) is 12.8 Å². The molecule has 118 valence electrons. The molecule has 0 aromatic carbocycles. The summed E-state index contributed by atoms with van der Waals surface area (Å²) in [4.78, 5) is 10.9. The molecule has 1 aliphatic rings. The molecule has 1 saturated heterocycles. The Hall–Kier alpha value is -1.16. The van der Waals surface area contributed by atoms with Crippen LogP contribution in [0.1, 0.15) is 12.1 Å². The third-order valence-electron chi connectivity index (χ3n) is 3.39. The van der Waals surface area contributed by atoms with Crippen LogP contribution in [0.25, 0.3) is 0 Å². The van der Waals surface area contributed by atoms with Crippen molar-refractivity contribution < 1.29 is 18.3 Å². The van der Waals surface area contributed by atoms with E-state index in [1.807, 2.05) is 0 Å². The number of nitrogens with zero attached hydrogens (tertiary/aromatic N) is 2. The Morgan fingerprint density at radius 2 is 2.19 bits per heavy atom. The molecule has 0 aliphatic carbocycles. The number of nitrogens with one attached hydrogen (secondary N) is 2. The quantitative estimate of drug-likeness (QED) is 0.697. The van der Waals surface area contributed by atoms with Gasteiger partial charge < -0.3 is 10.4 Å². The van der Waals surface area contributed by atoms with E-state index >= 15 is 0 Å². The molecule has 10 heteroatoms. The van der Waals surface area contributed by atoms with Crippen molar-refractivity contribution in [1.82, 2.24) is 19.8 Å². The summed E-state index contributed by atoms with van der Waals surface area (Å²) < 4.78 is 28.6. The first-order valence-electron chi connectivity index (χ1n) is 6.37. The lowest BCUT2D eigenvalue weighted by molar-refractivity contribution is -0.142. The van der Waals surface area contributed by atoms with Gasteiger partial charge in [-0.15, -0.1) is 0 Å². The first-order chi connectivity index (χ1) is 9.72. The normalized spacial score (nSPS) is 23.2. The van der Waals surface area contributed by atoms with E-state index in [4.69, 9.17) is 16.7 Å². The number of halogens is 1. The largest absolute Gasteiger partial charge is 0.481 e. The van der Waals surface area contributed by atoms with Crippen molar-refractivity contribution in [3.63, 3.8) is 0 Å². The average Bonchev–Trinajstić information content (AvgIpc) is 2.63. The molecule has 1 aromatic heterocycles. The van der Waals surface area contributed by atoms with E-state index < -0.39 is 28.0 Å². The zero-order valence-corrected chi connectivity index (χ0v) is 13.2. The Morgan fingerprint density at radius 1 is 1.52 bits per heavy atom. The van der Waals surface area contributed by atoms with Gasteiger partial charge in [0.05, 0.1) is 11.6 Å². The van der Waals surface area contributed by atoms with Gasteiger partial charge in [-0.25, -0.2) is 13.1 Å². The molecule has 8 nitrogen and oxygen atoms in total. The lowest BCUT2D eigenvalue weighted by Crippen LogP contribution is -2.50. The van der Waals surface area contributed by atoms with Gasteiger partial charge >= 0.3 is 5.97 Å². The molecule has 21 heavy (non-hydrogen) atoms. The highest BCUT2D eigenvalue weighted by Crippen LogP contribution is 2.24. The van der Waals surface area contributed by atoms with E-state index in [2.05, 4.69) is 15.1 Å². The minimum atomic E-state index is -3.85. The molecular formula is C11H17ClN4O4S. The van der Waals surface area contributed by atoms with Crippen molar-refractivity contribution in [2.75, 3.05) is 13.1 Å². The van der Waals surface area contributed by atoms with E-state index in [1.165, 1.54) is 4.68 Å². The van der Waals surface area contributed by atoms with Gasteiger partial charge in [-0.05, 0) is 13.3 Å². The van der Waals surface area contributed by atoms with Crippen LogP contribution in [0.4, 0.5) is 0 Å². The monoisotopic (exact) mass is 336 g/mol. The highest BCUT2D eigenvalue weighted by Gasteiger charge is 2.32. The SMILES string of the molecule is Cc1nn(C)c(Cl)c1S(=O)(=O)NC1CNCC(C(=O)O)C1. The number of carboxylic acid groups (broad SMARTS) is 1. The van der Waals surface area contributed by atoms with Gasteiger partial charge in [0.2, 0.25) is 10.0 Å². The van der Waals surface area contributed by atoms with Crippen molar-refractivity contribution >= 4 is 27.6 Å². The van der Waals surface area contributed by atoms with Gasteiger partial charge in [-0.1, -0.05) is 11.6 Å². The van der Waals surface area contributed by atoms with Gasteiger partial charge in [0, 0.05) is 26.2 Å². The maximum atomic E-state index is 12.4. The fourth-order valence-electron chi connectivity index (χ4n) is 2.41. The molecule has 0 saturated carbocycles. The summed E-state index contributed by atoms with van der Waals surface area (Å²) in [5.74, 6) is -1.56. The Balaban J connectivity index is 2.20. The second-order valence-corrected chi connectivity index (χ2v) is 7.09. The van der Waals surface area contributed by atoms with Crippen LogP contribution >= 0.6 is 11.6 Å². The minimum absolute atomic E-state index is 0.0264. The summed E-state index contributed by atoms with van der Waals surface area (Å²) in [6.07, 6.45) is 0.235. The molecule has 1 aromatic rings. The molecule has 2 rings (SSSR count). The van der Waals surface area contributed by atoms with Crippen molar-refractivity contribution in [2.24, 2.45) is 13.0 Å². The third kappa shape index (κ3) is 3.37. The number of aryl methyl sites for hydroxylation is 2. The minimum Gasteiger partial charge on any atom is -0.481 e. The van der Waals surface area contributed by atoms with Gasteiger partial charge in [0.25, 0.3) is 0 Å². The van der Waals surface area contributed by atoms with E-state index in [0.717, 1.165) is 0 Å². The number of carbonyl (C=O) groups is 1. The standard InChI is InChI=1S/C11H17ClN4O4S/c1-6-9(10(12)16(2)14-6)21(19,20)15-8-3-7(11(17)18)4-13-5-8/h7-8,13,15H,3-5H2,1-2H3,(H,17,18). The molecule has 0 amide bonds. The Morgan fingerprint density at radius 3 is 2.71 bits per heavy atom. The zero-order valence-electron chi connectivity index (χ0n) is 11.6. The highest BCUT2D eigenvalue weighted by atomic mass is 35.5. The second kappa shape index (κ2) is 5.91. The van der Waals surface area contributed by atoms with Gasteiger partial charge in [0.15, 0.2) is 0 Å². The lowest BCUT2D eigenvalue weighted by Gasteiger charge is -2.28. The van der Waals surface area contributed by atoms with Crippen LogP contribution in [0.2, 0.25) is 5.15 Å². The van der Waals surface area contributed by atoms with Crippen molar-refractivity contribution in [2.45, 2.75) is 24.3 Å². The molecule has 2 heterocycles. The molecule has 0 spiro atoms. The fraction of sp³-hybridized carbons (Fsp3) is 0.636. The number of rotatable bonds is 4. The summed E-state index contributed by atoms with van der Waals surface area (Å²) in [5.41, 5.74) is 0.300. The van der Waals surface area contributed by atoms with Crippen LogP contribution in [-0.4, -0.2) is 48.4 Å². The third-order valence-corrected chi connectivity index (χ3v) is 5.61. The molecular weight excluding hydrogens is 320 g/mol. The second-order valence-electron chi connectivity index (χ2n) is 5.08. The Labute approximate surface area is 127 Å². The molecule has 2 atom stereocenters. The molecule has 0 radical (unpaired) electrons. The summed E-state index contributed by atoms with van der Waals surface area (Å²) in [6, 6.07) is -0.500. The summed E-state index contributed by atoms with van der Waals surface area (Å²) in [6.45, 7) is 2.26. The number of aliphatic carboxylic acids is 1. The van der Waals surface area contributed by atoms with Crippen molar-refractivity contribution in [3.05, 3.63) is 10.8 Å². The maximum absolute atomic E-state index is 12.4.